The Labute approximate surface area is 169 Å². The van der Waals surface area contributed by atoms with Crippen LogP contribution in [-0.4, -0.2) is 55.3 Å². The van der Waals surface area contributed by atoms with E-state index in [-0.39, 0.29) is 30.5 Å². The predicted octanol–water partition coefficient (Wildman–Crippen LogP) is 3.23. The molecule has 1 saturated carbocycles. The van der Waals surface area contributed by atoms with Crippen LogP contribution in [0.5, 0.6) is 0 Å². The fraction of sp³-hybridized carbons (Fsp3) is 0.900. The highest BCUT2D eigenvalue weighted by atomic mass is 35.5. The number of carbonyl (C=O) groups is 2. The maximum Gasteiger partial charge on any atom is 0.410 e. The van der Waals surface area contributed by atoms with Crippen LogP contribution in [0.2, 0.25) is 0 Å². The van der Waals surface area contributed by atoms with E-state index in [1.807, 2.05) is 25.7 Å². The van der Waals surface area contributed by atoms with Crippen LogP contribution < -0.4 is 5.32 Å². The van der Waals surface area contributed by atoms with Gasteiger partial charge in [-0.2, -0.15) is 0 Å². The number of ether oxygens (including phenoxy) is 2. The first kappa shape index (κ1) is 22.3. The Morgan fingerprint density at radius 2 is 1.63 bits per heavy atom. The van der Waals surface area contributed by atoms with Crippen LogP contribution in [0.4, 0.5) is 4.79 Å². The molecule has 7 heteroatoms. The first-order chi connectivity index (χ1) is 12.3. The molecular weight excluding hydrogens is 368 g/mol. The summed E-state index contributed by atoms with van der Waals surface area (Å²) in [7, 11) is 1.48. The monoisotopic (exact) mass is 402 g/mol. The van der Waals surface area contributed by atoms with E-state index in [0.717, 1.165) is 38.9 Å². The Morgan fingerprint density at radius 1 is 1.00 bits per heavy atom. The molecule has 0 radical (unpaired) electrons. The number of halogens is 1. The molecule has 3 atom stereocenters. The second kappa shape index (κ2) is 8.99. The van der Waals surface area contributed by atoms with Gasteiger partial charge in [0, 0.05) is 13.1 Å². The molecule has 27 heavy (non-hydrogen) atoms. The molecule has 0 bridgehead atoms. The summed E-state index contributed by atoms with van der Waals surface area (Å²) in [5.74, 6) is 2.17. The quantitative estimate of drug-likeness (QED) is 0.734. The molecule has 1 amide bonds. The average molecular weight is 403 g/mol. The summed E-state index contributed by atoms with van der Waals surface area (Å²) in [5.41, 5.74) is -0.443. The number of amides is 1. The van der Waals surface area contributed by atoms with E-state index in [4.69, 9.17) is 9.47 Å². The maximum atomic E-state index is 12.2. The summed E-state index contributed by atoms with van der Waals surface area (Å²) in [6.07, 6.45) is 5.43. The van der Waals surface area contributed by atoms with Gasteiger partial charge in [-0.05, 0) is 83.1 Å². The smallest absolute Gasteiger partial charge is 0.410 e. The molecular formula is C20H35ClN2O4. The van der Waals surface area contributed by atoms with Crippen LogP contribution >= 0.6 is 12.4 Å². The third-order valence-corrected chi connectivity index (χ3v) is 6.14. The number of hydrogen-bond acceptors (Lipinski definition) is 5. The van der Waals surface area contributed by atoms with E-state index in [1.54, 1.807) is 0 Å². The van der Waals surface area contributed by atoms with E-state index in [9.17, 15) is 9.59 Å². The molecule has 0 aromatic rings. The molecule has 0 spiro atoms. The number of nitrogens with zero attached hydrogens (tertiary/aromatic N) is 1. The zero-order valence-electron chi connectivity index (χ0n) is 17.0. The van der Waals surface area contributed by atoms with E-state index >= 15 is 0 Å². The summed E-state index contributed by atoms with van der Waals surface area (Å²) in [6.45, 7) is 8.12. The van der Waals surface area contributed by atoms with Crippen molar-refractivity contribution in [3.05, 3.63) is 0 Å². The van der Waals surface area contributed by atoms with Crippen molar-refractivity contribution < 1.29 is 19.1 Å². The number of methoxy groups -OCH3 is 1. The number of hydrogen-bond donors (Lipinski definition) is 1. The lowest BCUT2D eigenvalue weighted by atomic mass is 9.73. The molecule has 1 aliphatic carbocycles. The molecule has 2 aliphatic heterocycles. The molecule has 3 rings (SSSR count). The Hall–Kier alpha value is -1.01. The lowest BCUT2D eigenvalue weighted by molar-refractivity contribution is -0.146. The summed E-state index contributed by atoms with van der Waals surface area (Å²) < 4.78 is 10.5. The second-order valence-corrected chi connectivity index (χ2v) is 9.21. The number of nitrogens with one attached hydrogen (secondary N) is 1. The second-order valence-electron chi connectivity index (χ2n) is 9.21. The lowest BCUT2D eigenvalue weighted by Crippen LogP contribution is -2.53. The van der Waals surface area contributed by atoms with E-state index in [0.29, 0.717) is 23.7 Å². The van der Waals surface area contributed by atoms with Crippen LogP contribution in [0.25, 0.3) is 0 Å². The van der Waals surface area contributed by atoms with Crippen LogP contribution in [-0.2, 0) is 14.3 Å². The van der Waals surface area contributed by atoms with Gasteiger partial charge in [0.2, 0.25) is 0 Å². The standard InChI is InChI=1S/C20H34N2O4.ClH/c1-20(2,3)26-19(24)22-9-7-13(8-10-22)15-11-16(14-5-6-14)17(21-12-15)18(23)25-4;/h13-17,21H,5-12H2,1-4H3;1H. The molecule has 3 unspecified atom stereocenters. The molecule has 1 N–H and O–H groups in total. The predicted molar refractivity (Wildman–Crippen MR) is 106 cm³/mol. The van der Waals surface area contributed by atoms with Crippen molar-refractivity contribution in [3.63, 3.8) is 0 Å². The largest absolute Gasteiger partial charge is 0.468 e. The number of rotatable bonds is 3. The van der Waals surface area contributed by atoms with Gasteiger partial charge in [-0.15, -0.1) is 12.4 Å². The summed E-state index contributed by atoms with van der Waals surface area (Å²) in [5, 5.41) is 3.47. The van der Waals surface area contributed by atoms with Gasteiger partial charge in [-0.1, -0.05) is 0 Å². The fourth-order valence-corrected chi connectivity index (χ4v) is 4.61. The SMILES string of the molecule is COC(=O)C1NCC(C2CCN(C(=O)OC(C)(C)C)CC2)CC1C1CC1.Cl. The Kier molecular flexibility index (Phi) is 7.42. The Balaban J connectivity index is 0.00000261. The first-order valence-electron chi connectivity index (χ1n) is 10.1. The van der Waals surface area contributed by atoms with Gasteiger partial charge in [-0.3, -0.25) is 4.79 Å². The minimum Gasteiger partial charge on any atom is -0.468 e. The normalized spacial score (nSPS) is 29.6. The zero-order chi connectivity index (χ0) is 18.9. The number of likely N-dealkylation sites (tertiary alicyclic amines) is 1. The highest BCUT2D eigenvalue weighted by Gasteiger charge is 2.45. The minimum atomic E-state index is -0.443. The topological polar surface area (TPSA) is 67.9 Å². The van der Waals surface area contributed by atoms with E-state index < -0.39 is 5.60 Å². The average Bonchev–Trinajstić information content (AvgIpc) is 3.44. The van der Waals surface area contributed by atoms with Crippen molar-refractivity contribution in [3.8, 4) is 0 Å². The first-order valence-corrected chi connectivity index (χ1v) is 10.1. The highest BCUT2D eigenvalue weighted by molar-refractivity contribution is 5.85. The number of carbonyl (C=O) groups excluding carboxylic acids is 2. The number of piperidine rings is 2. The third kappa shape index (κ3) is 5.74. The highest BCUT2D eigenvalue weighted by Crippen LogP contribution is 2.45. The van der Waals surface area contributed by atoms with Crippen LogP contribution in [0, 0.1) is 23.7 Å². The van der Waals surface area contributed by atoms with Crippen molar-refractivity contribution in [1.29, 1.82) is 0 Å². The summed E-state index contributed by atoms with van der Waals surface area (Å²) in [4.78, 5) is 26.2. The number of esters is 1. The van der Waals surface area contributed by atoms with Gasteiger partial charge in [0.25, 0.3) is 0 Å². The van der Waals surface area contributed by atoms with Gasteiger partial charge in [0.15, 0.2) is 0 Å². The fourth-order valence-electron chi connectivity index (χ4n) is 4.61. The van der Waals surface area contributed by atoms with Gasteiger partial charge >= 0.3 is 12.1 Å². The van der Waals surface area contributed by atoms with Crippen molar-refractivity contribution >= 4 is 24.5 Å². The molecule has 2 heterocycles. The van der Waals surface area contributed by atoms with Crippen molar-refractivity contribution in [1.82, 2.24) is 10.2 Å². The Bertz CT molecular complexity index is 525. The maximum absolute atomic E-state index is 12.2. The van der Waals surface area contributed by atoms with E-state index in [1.165, 1.54) is 20.0 Å². The van der Waals surface area contributed by atoms with Gasteiger partial charge in [0.1, 0.15) is 11.6 Å². The molecule has 0 aromatic heterocycles. The Morgan fingerprint density at radius 3 is 2.15 bits per heavy atom. The van der Waals surface area contributed by atoms with Crippen molar-refractivity contribution in [2.24, 2.45) is 23.7 Å². The van der Waals surface area contributed by atoms with Crippen LogP contribution in [0.15, 0.2) is 0 Å². The van der Waals surface area contributed by atoms with E-state index in [2.05, 4.69) is 5.32 Å². The molecule has 156 valence electrons. The summed E-state index contributed by atoms with van der Waals surface area (Å²) in [6, 6.07) is -0.134. The molecule has 2 saturated heterocycles. The zero-order valence-corrected chi connectivity index (χ0v) is 17.8. The lowest BCUT2D eigenvalue weighted by Gasteiger charge is -2.42. The van der Waals surface area contributed by atoms with Crippen molar-refractivity contribution in [2.75, 3.05) is 26.7 Å². The third-order valence-electron chi connectivity index (χ3n) is 6.14. The van der Waals surface area contributed by atoms with Crippen LogP contribution in [0.1, 0.15) is 52.9 Å². The van der Waals surface area contributed by atoms with Gasteiger partial charge in [0.05, 0.1) is 7.11 Å². The molecule has 0 aromatic carbocycles. The van der Waals surface area contributed by atoms with Gasteiger partial charge < -0.3 is 19.7 Å². The van der Waals surface area contributed by atoms with Crippen molar-refractivity contribution in [2.45, 2.75) is 64.5 Å². The van der Waals surface area contributed by atoms with Gasteiger partial charge in [-0.25, -0.2) is 4.79 Å². The molecule has 3 fully saturated rings. The van der Waals surface area contributed by atoms with Crippen LogP contribution in [0.3, 0.4) is 0 Å². The summed E-state index contributed by atoms with van der Waals surface area (Å²) >= 11 is 0. The minimum absolute atomic E-state index is 0. The molecule has 6 nitrogen and oxygen atoms in total. The molecule has 3 aliphatic rings.